The van der Waals surface area contributed by atoms with Crippen molar-refractivity contribution in [2.75, 3.05) is 26.2 Å². The first-order valence-electron chi connectivity index (χ1n) is 7.95. The molecule has 1 aliphatic carbocycles. The molecule has 0 amide bonds. The van der Waals surface area contributed by atoms with E-state index in [1.807, 2.05) is 20.8 Å². The van der Waals surface area contributed by atoms with Crippen LogP contribution in [0.4, 0.5) is 0 Å². The van der Waals surface area contributed by atoms with E-state index in [4.69, 9.17) is 0 Å². The van der Waals surface area contributed by atoms with Gasteiger partial charge in [0.05, 0.1) is 0 Å². The number of rotatable bonds is 7. The van der Waals surface area contributed by atoms with E-state index in [9.17, 15) is 8.42 Å². The summed E-state index contributed by atoms with van der Waals surface area (Å²) < 4.78 is 28.7. The van der Waals surface area contributed by atoms with Crippen LogP contribution in [-0.2, 0) is 10.2 Å². The zero-order valence-electron chi connectivity index (χ0n) is 13.0. The van der Waals surface area contributed by atoms with Crippen molar-refractivity contribution in [3.05, 3.63) is 0 Å². The van der Waals surface area contributed by atoms with Crippen LogP contribution in [0.5, 0.6) is 0 Å². The molecule has 1 saturated heterocycles. The van der Waals surface area contributed by atoms with Crippen LogP contribution in [0.25, 0.3) is 0 Å². The summed E-state index contributed by atoms with van der Waals surface area (Å²) in [6.45, 7) is 8.64. The molecule has 6 heteroatoms. The van der Waals surface area contributed by atoms with Gasteiger partial charge in [0.15, 0.2) is 0 Å². The minimum absolute atomic E-state index is 0.0231. The van der Waals surface area contributed by atoms with E-state index in [1.165, 1.54) is 12.8 Å². The van der Waals surface area contributed by atoms with Gasteiger partial charge in [-0.15, -0.1) is 0 Å². The van der Waals surface area contributed by atoms with Crippen LogP contribution >= 0.6 is 0 Å². The van der Waals surface area contributed by atoms with Crippen LogP contribution in [0, 0.1) is 5.92 Å². The van der Waals surface area contributed by atoms with Gasteiger partial charge in [-0.1, -0.05) is 6.92 Å². The molecule has 1 unspecified atom stereocenters. The Hall–Kier alpha value is -0.170. The third kappa shape index (κ3) is 3.93. The van der Waals surface area contributed by atoms with Crippen LogP contribution in [0.1, 0.15) is 46.5 Å². The maximum atomic E-state index is 12.7. The summed E-state index contributed by atoms with van der Waals surface area (Å²) in [4.78, 5) is 0. The smallest absolute Gasteiger partial charge is 0.282 e. The lowest BCUT2D eigenvalue weighted by Crippen LogP contribution is -2.51. The lowest BCUT2D eigenvalue weighted by Gasteiger charge is -2.36. The Kier molecular flexibility index (Phi) is 5.45. The fourth-order valence-electron chi connectivity index (χ4n) is 2.97. The van der Waals surface area contributed by atoms with Crippen molar-refractivity contribution < 1.29 is 8.42 Å². The van der Waals surface area contributed by atoms with Crippen LogP contribution in [0.15, 0.2) is 0 Å². The molecule has 2 rings (SSSR count). The average molecular weight is 303 g/mol. The second kappa shape index (κ2) is 6.73. The summed E-state index contributed by atoms with van der Waals surface area (Å²) in [5.74, 6) is 0.463. The predicted molar refractivity (Wildman–Crippen MR) is 81.8 cm³/mol. The monoisotopic (exact) mass is 303 g/mol. The fraction of sp³-hybridized carbons (Fsp3) is 1.00. The molecule has 118 valence electrons. The zero-order chi connectivity index (χ0) is 14.8. The van der Waals surface area contributed by atoms with Crippen molar-refractivity contribution in [2.45, 2.75) is 58.5 Å². The highest BCUT2D eigenvalue weighted by molar-refractivity contribution is 7.86. The number of nitrogens with zero attached hydrogens (tertiary/aromatic N) is 2. The van der Waals surface area contributed by atoms with Gasteiger partial charge in [-0.3, -0.25) is 0 Å². The molecule has 2 aliphatic rings. The highest BCUT2D eigenvalue weighted by atomic mass is 32.2. The predicted octanol–water partition coefficient (Wildman–Crippen LogP) is 1.43. The summed E-state index contributed by atoms with van der Waals surface area (Å²) in [6.07, 6.45) is 4.68. The van der Waals surface area contributed by atoms with E-state index in [0.29, 0.717) is 31.6 Å². The Bertz CT molecular complexity index is 407. The van der Waals surface area contributed by atoms with Gasteiger partial charge < -0.3 is 5.32 Å². The van der Waals surface area contributed by atoms with Crippen LogP contribution in [-0.4, -0.2) is 55.3 Å². The Morgan fingerprint density at radius 2 is 2.00 bits per heavy atom. The summed E-state index contributed by atoms with van der Waals surface area (Å²) >= 11 is 0. The van der Waals surface area contributed by atoms with Crippen molar-refractivity contribution in [1.82, 2.24) is 13.9 Å². The minimum atomic E-state index is -3.29. The van der Waals surface area contributed by atoms with E-state index in [0.717, 1.165) is 19.4 Å². The van der Waals surface area contributed by atoms with Crippen molar-refractivity contribution in [2.24, 2.45) is 5.92 Å². The zero-order valence-corrected chi connectivity index (χ0v) is 13.8. The summed E-state index contributed by atoms with van der Waals surface area (Å²) in [7, 11) is -3.29. The van der Waals surface area contributed by atoms with Gasteiger partial charge in [-0.05, 0) is 52.0 Å². The molecule has 0 bridgehead atoms. The second-order valence-corrected chi connectivity index (χ2v) is 8.23. The minimum Gasteiger partial charge on any atom is -0.314 e. The molecule has 5 nitrogen and oxygen atoms in total. The maximum Gasteiger partial charge on any atom is 0.282 e. The maximum absolute atomic E-state index is 12.7. The molecule has 1 atom stereocenters. The van der Waals surface area contributed by atoms with Crippen molar-refractivity contribution in [3.8, 4) is 0 Å². The van der Waals surface area contributed by atoms with Gasteiger partial charge in [0.25, 0.3) is 10.2 Å². The third-order valence-electron chi connectivity index (χ3n) is 4.26. The normalized spacial score (nSPS) is 25.6. The summed E-state index contributed by atoms with van der Waals surface area (Å²) in [6, 6.07) is 0.722. The van der Waals surface area contributed by atoms with Gasteiger partial charge in [0, 0.05) is 31.7 Å². The van der Waals surface area contributed by atoms with Gasteiger partial charge >= 0.3 is 0 Å². The first-order valence-corrected chi connectivity index (χ1v) is 9.35. The highest BCUT2D eigenvalue weighted by Gasteiger charge is 2.34. The van der Waals surface area contributed by atoms with Crippen LogP contribution in [0.3, 0.4) is 0 Å². The lowest BCUT2D eigenvalue weighted by atomic mass is 10.00. The highest BCUT2D eigenvalue weighted by Crippen LogP contribution is 2.24. The molecule has 0 spiro atoms. The first-order chi connectivity index (χ1) is 9.45. The topological polar surface area (TPSA) is 52.7 Å². The van der Waals surface area contributed by atoms with Gasteiger partial charge in [0.1, 0.15) is 0 Å². The molecule has 1 heterocycles. The third-order valence-corrected chi connectivity index (χ3v) is 6.52. The first kappa shape index (κ1) is 16.2. The Labute approximate surface area is 123 Å². The lowest BCUT2D eigenvalue weighted by molar-refractivity contribution is 0.235. The molecule has 0 radical (unpaired) electrons. The second-order valence-electron chi connectivity index (χ2n) is 6.35. The summed E-state index contributed by atoms with van der Waals surface area (Å²) in [5.41, 5.74) is 0. The number of hydrogen-bond acceptors (Lipinski definition) is 3. The van der Waals surface area contributed by atoms with E-state index in [2.05, 4.69) is 5.32 Å². The Morgan fingerprint density at radius 1 is 1.30 bits per heavy atom. The molecule has 2 fully saturated rings. The van der Waals surface area contributed by atoms with Crippen molar-refractivity contribution >= 4 is 10.2 Å². The van der Waals surface area contributed by atoms with Crippen LogP contribution in [0.2, 0.25) is 0 Å². The van der Waals surface area contributed by atoms with E-state index in [1.54, 1.807) is 8.61 Å². The Morgan fingerprint density at radius 3 is 2.55 bits per heavy atom. The average Bonchev–Trinajstić information content (AvgIpc) is 3.20. The summed E-state index contributed by atoms with van der Waals surface area (Å²) in [5, 5.41) is 3.53. The molecule has 1 aliphatic heterocycles. The molecular formula is C14H29N3O2S. The molecule has 1 N–H and O–H groups in total. The van der Waals surface area contributed by atoms with Gasteiger partial charge in [-0.2, -0.15) is 17.0 Å². The number of piperidine rings is 1. The van der Waals surface area contributed by atoms with Crippen molar-refractivity contribution in [3.63, 3.8) is 0 Å². The molecule has 0 aromatic heterocycles. The van der Waals surface area contributed by atoms with Crippen molar-refractivity contribution in [1.29, 1.82) is 0 Å². The molecule has 0 aromatic rings. The number of nitrogens with one attached hydrogen (secondary N) is 1. The molecule has 1 saturated carbocycles. The van der Waals surface area contributed by atoms with E-state index < -0.39 is 10.2 Å². The van der Waals surface area contributed by atoms with Gasteiger partial charge in [0.2, 0.25) is 0 Å². The van der Waals surface area contributed by atoms with E-state index in [-0.39, 0.29) is 6.04 Å². The Balaban J connectivity index is 1.95. The van der Waals surface area contributed by atoms with Crippen LogP contribution < -0.4 is 5.32 Å². The molecular weight excluding hydrogens is 274 g/mol. The molecule has 0 aromatic carbocycles. The number of hydrogen-bond donors (Lipinski definition) is 1. The van der Waals surface area contributed by atoms with Gasteiger partial charge in [-0.25, -0.2) is 0 Å². The standard InChI is InChI=1S/C14H29N3O2S/c1-4-17(12(2)3)20(18,19)16-9-5-6-13(11-16)10-15-14-7-8-14/h12-15H,4-11H2,1-3H3. The largest absolute Gasteiger partial charge is 0.314 e. The quantitative estimate of drug-likeness (QED) is 0.774. The molecule has 20 heavy (non-hydrogen) atoms. The van der Waals surface area contributed by atoms with E-state index >= 15 is 0 Å². The fourth-order valence-corrected chi connectivity index (χ4v) is 4.88. The SMILES string of the molecule is CCN(C(C)C)S(=O)(=O)N1CCCC(CNC2CC2)C1.